The Kier molecular flexibility index (Phi) is 3.79. The van der Waals surface area contributed by atoms with Crippen LogP contribution >= 0.6 is 0 Å². The maximum Gasteiger partial charge on any atom is 0.312 e. The van der Waals surface area contributed by atoms with Gasteiger partial charge in [0.25, 0.3) is 0 Å². The first-order valence-corrected chi connectivity index (χ1v) is 8.97. The van der Waals surface area contributed by atoms with E-state index in [2.05, 4.69) is 4.98 Å². The largest absolute Gasteiger partial charge is 0.452 e. The minimum Gasteiger partial charge on any atom is -0.452 e. The molecule has 136 valence electrons. The molecule has 0 saturated carbocycles. The number of esters is 1. The fourth-order valence-electron chi connectivity index (χ4n) is 3.69. The number of nitrogens with zero attached hydrogens (tertiary/aromatic N) is 1. The van der Waals surface area contributed by atoms with E-state index in [0.717, 1.165) is 16.7 Å². The lowest BCUT2D eigenvalue weighted by Gasteiger charge is -2.26. The van der Waals surface area contributed by atoms with Crippen molar-refractivity contribution in [3.63, 3.8) is 0 Å². The average Bonchev–Trinajstić information content (AvgIpc) is 3.04. The molecule has 1 atom stereocenters. The van der Waals surface area contributed by atoms with Gasteiger partial charge in [-0.3, -0.25) is 14.6 Å². The summed E-state index contributed by atoms with van der Waals surface area (Å²) in [6, 6.07) is 16.6. The number of carbonyl (C=O) groups is 2. The number of hydrogen-bond acceptors (Lipinski definition) is 5. The van der Waals surface area contributed by atoms with Gasteiger partial charge in [-0.1, -0.05) is 30.3 Å². The Labute approximate surface area is 161 Å². The number of benzene rings is 2. The highest BCUT2D eigenvalue weighted by Gasteiger charge is 2.38. The fraction of sp³-hybridized carbons (Fsp3) is 0.0870. The van der Waals surface area contributed by atoms with Crippen molar-refractivity contribution < 1.29 is 19.1 Å². The van der Waals surface area contributed by atoms with Crippen molar-refractivity contribution in [3.05, 3.63) is 95.0 Å². The molecule has 28 heavy (non-hydrogen) atoms. The minimum absolute atomic E-state index is 0.174. The van der Waals surface area contributed by atoms with E-state index < -0.39 is 0 Å². The number of aromatic nitrogens is 1. The molecule has 0 fully saturated rings. The van der Waals surface area contributed by atoms with Gasteiger partial charge in [-0.2, -0.15) is 0 Å². The Bertz CT molecular complexity index is 1120. The summed E-state index contributed by atoms with van der Waals surface area (Å²) in [6.45, 7) is 0. The summed E-state index contributed by atoms with van der Waals surface area (Å²) in [4.78, 5) is 29.1. The molecule has 2 aliphatic heterocycles. The van der Waals surface area contributed by atoms with E-state index in [0.29, 0.717) is 17.1 Å². The number of rotatable bonds is 2. The van der Waals surface area contributed by atoms with E-state index in [1.165, 1.54) is 0 Å². The number of pyridine rings is 1. The molecular formula is C23H15NO4. The summed E-state index contributed by atoms with van der Waals surface area (Å²) in [5.74, 6) is 0.438. The SMILES string of the molecule is O=C1C[C@H](c2ccncc2)c2c(ccc3c2O/C(=C\c2ccccc2)C3=O)O1. The zero-order valence-electron chi connectivity index (χ0n) is 14.8. The molecule has 0 spiro atoms. The van der Waals surface area contributed by atoms with Crippen LogP contribution in [0.15, 0.2) is 72.8 Å². The first kappa shape index (κ1) is 16.4. The Morgan fingerprint density at radius 3 is 2.50 bits per heavy atom. The number of ether oxygens (including phenoxy) is 2. The summed E-state index contributed by atoms with van der Waals surface area (Å²) < 4.78 is 11.4. The lowest BCUT2D eigenvalue weighted by molar-refractivity contribution is -0.135. The summed E-state index contributed by atoms with van der Waals surface area (Å²) in [5.41, 5.74) is 3.02. The molecule has 0 bridgehead atoms. The lowest BCUT2D eigenvalue weighted by atomic mass is 9.85. The fourth-order valence-corrected chi connectivity index (χ4v) is 3.69. The van der Waals surface area contributed by atoms with Gasteiger partial charge < -0.3 is 9.47 Å². The van der Waals surface area contributed by atoms with E-state index in [-0.39, 0.29) is 29.9 Å². The maximum absolute atomic E-state index is 12.9. The summed E-state index contributed by atoms with van der Waals surface area (Å²) >= 11 is 0. The minimum atomic E-state index is -0.307. The molecule has 0 unspecified atom stereocenters. The van der Waals surface area contributed by atoms with E-state index in [9.17, 15) is 9.59 Å². The molecule has 0 aliphatic carbocycles. The van der Waals surface area contributed by atoms with Crippen LogP contribution < -0.4 is 9.47 Å². The molecule has 5 rings (SSSR count). The second-order valence-electron chi connectivity index (χ2n) is 6.72. The van der Waals surface area contributed by atoms with E-state index in [1.54, 1.807) is 30.6 Å². The van der Waals surface area contributed by atoms with Crippen molar-refractivity contribution in [2.45, 2.75) is 12.3 Å². The third kappa shape index (κ3) is 2.68. The Morgan fingerprint density at radius 1 is 0.929 bits per heavy atom. The van der Waals surface area contributed by atoms with Crippen LogP contribution in [0.2, 0.25) is 0 Å². The van der Waals surface area contributed by atoms with Crippen LogP contribution in [0.4, 0.5) is 0 Å². The molecule has 5 nitrogen and oxygen atoms in total. The predicted octanol–water partition coefficient (Wildman–Crippen LogP) is 4.14. The first-order valence-electron chi connectivity index (χ1n) is 8.97. The Morgan fingerprint density at radius 2 is 1.71 bits per heavy atom. The standard InChI is InChI=1S/C23H15NO4/c25-20-13-17(15-8-10-24-11-9-15)21-18(27-20)7-6-16-22(26)19(28-23(16)21)12-14-4-2-1-3-5-14/h1-12,17H,13H2/b19-12-/t17-/m1/s1. The summed E-state index contributed by atoms with van der Waals surface area (Å²) in [5, 5.41) is 0. The number of Topliss-reactive ketones (excluding diaryl/α,β-unsaturated/α-hetero) is 1. The molecule has 0 radical (unpaired) electrons. The van der Waals surface area contributed by atoms with Crippen molar-refractivity contribution in [2.24, 2.45) is 0 Å². The highest BCUT2D eigenvalue weighted by Crippen LogP contribution is 2.48. The molecule has 0 saturated heterocycles. The highest BCUT2D eigenvalue weighted by molar-refractivity contribution is 6.15. The van der Waals surface area contributed by atoms with Crippen LogP contribution in [0.3, 0.4) is 0 Å². The number of hydrogen-bond donors (Lipinski definition) is 0. The number of carbonyl (C=O) groups excluding carboxylic acids is 2. The van der Waals surface area contributed by atoms with E-state index in [1.807, 2.05) is 42.5 Å². The van der Waals surface area contributed by atoms with Gasteiger partial charge in [0, 0.05) is 23.9 Å². The monoisotopic (exact) mass is 369 g/mol. The topological polar surface area (TPSA) is 65.5 Å². The number of fused-ring (bicyclic) bond motifs is 3. The Hall–Kier alpha value is -3.73. The van der Waals surface area contributed by atoms with Gasteiger partial charge in [-0.25, -0.2) is 0 Å². The third-order valence-corrected chi connectivity index (χ3v) is 4.99. The quantitative estimate of drug-likeness (QED) is 0.386. The van der Waals surface area contributed by atoms with Gasteiger partial charge in [0.15, 0.2) is 5.76 Å². The third-order valence-electron chi connectivity index (χ3n) is 4.99. The van der Waals surface area contributed by atoms with Gasteiger partial charge in [0.1, 0.15) is 11.5 Å². The van der Waals surface area contributed by atoms with Gasteiger partial charge in [0.2, 0.25) is 5.78 Å². The molecule has 0 N–H and O–H groups in total. The second-order valence-corrected chi connectivity index (χ2v) is 6.72. The van der Waals surface area contributed by atoms with Crippen LogP contribution in [0.25, 0.3) is 6.08 Å². The molecule has 1 aromatic heterocycles. The van der Waals surface area contributed by atoms with Crippen molar-refractivity contribution in [3.8, 4) is 11.5 Å². The zero-order valence-corrected chi connectivity index (χ0v) is 14.8. The second kappa shape index (κ2) is 6.46. The number of ketones is 1. The van der Waals surface area contributed by atoms with Crippen LogP contribution in [0.5, 0.6) is 11.5 Å². The van der Waals surface area contributed by atoms with Crippen molar-refractivity contribution in [1.82, 2.24) is 4.98 Å². The molecule has 3 aromatic rings. The predicted molar refractivity (Wildman–Crippen MR) is 102 cm³/mol. The maximum atomic E-state index is 12.9. The molecule has 3 heterocycles. The van der Waals surface area contributed by atoms with Crippen molar-refractivity contribution in [2.75, 3.05) is 0 Å². The molecule has 2 aromatic carbocycles. The highest BCUT2D eigenvalue weighted by atomic mass is 16.5. The van der Waals surface area contributed by atoms with Crippen molar-refractivity contribution >= 4 is 17.8 Å². The molecular weight excluding hydrogens is 354 g/mol. The average molecular weight is 369 g/mol. The van der Waals surface area contributed by atoms with Crippen LogP contribution in [0, 0.1) is 0 Å². The summed E-state index contributed by atoms with van der Waals surface area (Å²) in [6.07, 6.45) is 5.28. The normalized spacial score (nSPS) is 19.0. The Balaban J connectivity index is 1.63. The molecule has 5 heteroatoms. The van der Waals surface area contributed by atoms with Gasteiger partial charge in [0.05, 0.1) is 12.0 Å². The van der Waals surface area contributed by atoms with Gasteiger partial charge in [-0.05, 0) is 41.5 Å². The smallest absolute Gasteiger partial charge is 0.312 e. The molecule has 0 amide bonds. The van der Waals surface area contributed by atoms with Crippen molar-refractivity contribution in [1.29, 1.82) is 0 Å². The summed E-state index contributed by atoms with van der Waals surface area (Å²) in [7, 11) is 0. The van der Waals surface area contributed by atoms with E-state index >= 15 is 0 Å². The molecule has 2 aliphatic rings. The van der Waals surface area contributed by atoms with Crippen LogP contribution in [-0.2, 0) is 4.79 Å². The number of allylic oxidation sites excluding steroid dienone is 1. The van der Waals surface area contributed by atoms with Gasteiger partial charge in [-0.15, -0.1) is 0 Å². The zero-order chi connectivity index (χ0) is 19.1. The first-order chi connectivity index (χ1) is 13.7. The van der Waals surface area contributed by atoms with E-state index in [4.69, 9.17) is 9.47 Å². The van der Waals surface area contributed by atoms with Crippen LogP contribution in [-0.4, -0.2) is 16.7 Å². The van der Waals surface area contributed by atoms with Crippen LogP contribution in [0.1, 0.15) is 39.4 Å². The van der Waals surface area contributed by atoms with Gasteiger partial charge >= 0.3 is 5.97 Å². The lowest BCUT2D eigenvalue weighted by Crippen LogP contribution is -2.21.